The summed E-state index contributed by atoms with van der Waals surface area (Å²) in [6.07, 6.45) is 3.21. The molecule has 1 aromatic carbocycles. The molecule has 0 aliphatic heterocycles. The Kier molecular flexibility index (Phi) is 5.43. The van der Waals surface area contributed by atoms with E-state index in [0.717, 1.165) is 12.1 Å². The number of ether oxygens (including phenoxy) is 1. The number of hydrogen-bond acceptors (Lipinski definition) is 3. The second-order valence-electron chi connectivity index (χ2n) is 4.06. The fourth-order valence-electron chi connectivity index (χ4n) is 1.45. The molecule has 1 rings (SSSR count). The third-order valence-electron chi connectivity index (χ3n) is 2.18. The lowest BCUT2D eigenvalue weighted by molar-refractivity contribution is -0.137. The van der Waals surface area contributed by atoms with E-state index < -0.39 is 0 Å². The maximum atomic E-state index is 11.1. The molecule has 3 heteroatoms. The quantitative estimate of drug-likeness (QED) is 0.577. The van der Waals surface area contributed by atoms with E-state index in [1.165, 1.54) is 11.6 Å². The smallest absolute Gasteiger partial charge is 0.330 e. The molecule has 0 radical (unpaired) electrons. The molecule has 3 nitrogen and oxygen atoms in total. The first-order chi connectivity index (χ1) is 8.11. The molecule has 92 valence electrons. The molecule has 0 amide bonds. The second-order valence-corrected chi connectivity index (χ2v) is 4.06. The van der Waals surface area contributed by atoms with Gasteiger partial charge in [-0.15, -0.1) is 0 Å². The highest BCUT2D eigenvalue weighted by Crippen LogP contribution is 2.07. The SMILES string of the molecule is CCOC(=O)/C=C/c1ccc(CN(C)C)cc1. The molecule has 0 spiro atoms. The highest BCUT2D eigenvalue weighted by molar-refractivity contribution is 5.86. The Morgan fingerprint density at radius 3 is 2.47 bits per heavy atom. The van der Waals surface area contributed by atoms with Crippen LogP contribution in [0.25, 0.3) is 6.08 Å². The number of nitrogens with zero attached hydrogens (tertiary/aromatic N) is 1. The van der Waals surface area contributed by atoms with Gasteiger partial charge in [-0.25, -0.2) is 4.79 Å². The van der Waals surface area contributed by atoms with Crippen LogP contribution in [0.5, 0.6) is 0 Å². The summed E-state index contributed by atoms with van der Waals surface area (Å²) in [4.78, 5) is 13.2. The van der Waals surface area contributed by atoms with Gasteiger partial charge in [-0.3, -0.25) is 0 Å². The topological polar surface area (TPSA) is 29.5 Å². The van der Waals surface area contributed by atoms with Crippen molar-refractivity contribution in [1.29, 1.82) is 0 Å². The normalized spacial score (nSPS) is 11.1. The molecule has 0 unspecified atom stereocenters. The van der Waals surface area contributed by atoms with E-state index in [2.05, 4.69) is 17.0 Å². The third kappa shape index (κ3) is 5.31. The van der Waals surface area contributed by atoms with Crippen molar-refractivity contribution in [1.82, 2.24) is 4.90 Å². The van der Waals surface area contributed by atoms with Crippen LogP contribution >= 0.6 is 0 Å². The highest BCUT2D eigenvalue weighted by Gasteiger charge is 1.96. The molecule has 0 fully saturated rings. The number of carbonyl (C=O) groups is 1. The Morgan fingerprint density at radius 2 is 1.94 bits per heavy atom. The van der Waals surface area contributed by atoms with Crippen molar-refractivity contribution in [3.8, 4) is 0 Å². The maximum Gasteiger partial charge on any atom is 0.330 e. The predicted octanol–water partition coefficient (Wildman–Crippen LogP) is 2.32. The van der Waals surface area contributed by atoms with Crippen molar-refractivity contribution < 1.29 is 9.53 Å². The fraction of sp³-hybridized carbons (Fsp3) is 0.357. The average Bonchev–Trinajstić information content (AvgIpc) is 2.28. The van der Waals surface area contributed by atoms with E-state index in [9.17, 15) is 4.79 Å². The van der Waals surface area contributed by atoms with E-state index in [1.54, 1.807) is 13.0 Å². The molecule has 0 bridgehead atoms. The molecule has 0 aromatic heterocycles. The number of carbonyl (C=O) groups excluding carboxylic acids is 1. The molecular formula is C14H19NO2. The van der Waals surface area contributed by atoms with Crippen LogP contribution in [-0.2, 0) is 16.1 Å². The van der Waals surface area contributed by atoms with Crippen molar-refractivity contribution in [3.63, 3.8) is 0 Å². The van der Waals surface area contributed by atoms with Gasteiger partial charge in [0.25, 0.3) is 0 Å². The monoisotopic (exact) mass is 233 g/mol. The van der Waals surface area contributed by atoms with E-state index >= 15 is 0 Å². The number of hydrogen-bond donors (Lipinski definition) is 0. The summed E-state index contributed by atoms with van der Waals surface area (Å²) in [5.41, 5.74) is 2.25. The van der Waals surface area contributed by atoms with Crippen LogP contribution in [0.15, 0.2) is 30.3 Å². The van der Waals surface area contributed by atoms with Gasteiger partial charge < -0.3 is 9.64 Å². The van der Waals surface area contributed by atoms with Gasteiger partial charge in [0.1, 0.15) is 0 Å². The summed E-state index contributed by atoms with van der Waals surface area (Å²) >= 11 is 0. The van der Waals surface area contributed by atoms with Gasteiger partial charge in [-0.1, -0.05) is 24.3 Å². The van der Waals surface area contributed by atoms with E-state index in [0.29, 0.717) is 6.61 Å². The van der Waals surface area contributed by atoms with E-state index in [-0.39, 0.29) is 5.97 Å². The Morgan fingerprint density at radius 1 is 1.29 bits per heavy atom. The van der Waals surface area contributed by atoms with Crippen LogP contribution in [0.4, 0.5) is 0 Å². The molecule has 0 atom stereocenters. The van der Waals surface area contributed by atoms with Gasteiger partial charge in [0.2, 0.25) is 0 Å². The number of esters is 1. The zero-order chi connectivity index (χ0) is 12.7. The zero-order valence-electron chi connectivity index (χ0n) is 10.6. The summed E-state index contributed by atoms with van der Waals surface area (Å²) in [5.74, 6) is -0.301. The Balaban J connectivity index is 2.59. The Labute approximate surface area is 103 Å². The lowest BCUT2D eigenvalue weighted by atomic mass is 10.1. The van der Waals surface area contributed by atoms with E-state index in [4.69, 9.17) is 4.74 Å². The first-order valence-corrected chi connectivity index (χ1v) is 5.70. The van der Waals surface area contributed by atoms with Crippen LogP contribution in [0.3, 0.4) is 0 Å². The highest BCUT2D eigenvalue weighted by atomic mass is 16.5. The average molecular weight is 233 g/mol. The van der Waals surface area contributed by atoms with Crippen molar-refractivity contribution in [3.05, 3.63) is 41.5 Å². The minimum Gasteiger partial charge on any atom is -0.463 e. The molecule has 0 saturated carbocycles. The first kappa shape index (κ1) is 13.5. The molecule has 0 aliphatic carbocycles. The molecule has 0 saturated heterocycles. The second kappa shape index (κ2) is 6.86. The maximum absolute atomic E-state index is 11.1. The molecule has 0 heterocycles. The summed E-state index contributed by atoms with van der Waals surface area (Å²) in [7, 11) is 4.07. The van der Waals surface area contributed by atoms with Gasteiger partial charge in [-0.2, -0.15) is 0 Å². The number of rotatable bonds is 5. The molecular weight excluding hydrogens is 214 g/mol. The first-order valence-electron chi connectivity index (χ1n) is 5.70. The Hall–Kier alpha value is -1.61. The molecule has 0 N–H and O–H groups in total. The van der Waals surface area contributed by atoms with Gasteiger partial charge in [0.15, 0.2) is 0 Å². The largest absolute Gasteiger partial charge is 0.463 e. The van der Waals surface area contributed by atoms with Gasteiger partial charge in [-0.05, 0) is 38.2 Å². The van der Waals surface area contributed by atoms with Gasteiger partial charge in [0.05, 0.1) is 6.61 Å². The van der Waals surface area contributed by atoms with Gasteiger partial charge >= 0.3 is 5.97 Å². The number of benzene rings is 1. The summed E-state index contributed by atoms with van der Waals surface area (Å²) in [5, 5.41) is 0. The van der Waals surface area contributed by atoms with Crippen LogP contribution in [0.1, 0.15) is 18.1 Å². The van der Waals surface area contributed by atoms with Crippen LogP contribution < -0.4 is 0 Å². The lowest BCUT2D eigenvalue weighted by Gasteiger charge is -2.09. The summed E-state index contributed by atoms with van der Waals surface area (Å²) in [6.45, 7) is 3.12. The minimum absolute atomic E-state index is 0.301. The summed E-state index contributed by atoms with van der Waals surface area (Å²) < 4.78 is 4.81. The summed E-state index contributed by atoms with van der Waals surface area (Å²) in [6, 6.07) is 8.11. The van der Waals surface area contributed by atoms with Crippen LogP contribution in [0, 0.1) is 0 Å². The third-order valence-corrected chi connectivity index (χ3v) is 2.18. The van der Waals surface area contributed by atoms with Crippen molar-refractivity contribution >= 4 is 12.0 Å². The Bertz CT molecular complexity index is 380. The zero-order valence-corrected chi connectivity index (χ0v) is 10.6. The van der Waals surface area contributed by atoms with E-state index in [1.807, 2.05) is 26.2 Å². The van der Waals surface area contributed by atoms with Crippen molar-refractivity contribution in [2.75, 3.05) is 20.7 Å². The standard InChI is InChI=1S/C14H19NO2/c1-4-17-14(16)10-9-12-5-7-13(8-6-12)11-15(2)3/h5-10H,4,11H2,1-3H3/b10-9+. The lowest BCUT2D eigenvalue weighted by Crippen LogP contribution is -2.10. The minimum atomic E-state index is -0.301. The predicted molar refractivity (Wildman–Crippen MR) is 69.5 cm³/mol. The molecule has 17 heavy (non-hydrogen) atoms. The van der Waals surface area contributed by atoms with Crippen LogP contribution in [0.2, 0.25) is 0 Å². The molecule has 0 aliphatic rings. The fourth-order valence-corrected chi connectivity index (χ4v) is 1.45. The molecule has 1 aromatic rings. The van der Waals surface area contributed by atoms with Crippen LogP contribution in [-0.4, -0.2) is 31.6 Å². The van der Waals surface area contributed by atoms with Gasteiger partial charge in [0, 0.05) is 12.6 Å². The van der Waals surface area contributed by atoms with Crippen molar-refractivity contribution in [2.24, 2.45) is 0 Å². The van der Waals surface area contributed by atoms with Crippen molar-refractivity contribution in [2.45, 2.75) is 13.5 Å².